The van der Waals surface area contributed by atoms with E-state index in [0.717, 1.165) is 11.1 Å². The first kappa shape index (κ1) is 55.4. The minimum Gasteiger partial charge on any atom is -0.496 e. The number of carboxylic acid groups (broad SMARTS) is 1. The lowest BCUT2D eigenvalue weighted by Crippen LogP contribution is -2.63. The molecule has 0 aromatic heterocycles. The third kappa shape index (κ3) is 13.8. The Labute approximate surface area is 393 Å². The number of quaternary nitrogens is 1. The zero-order valence-electron chi connectivity index (χ0n) is 42.2. The Morgan fingerprint density at radius 1 is 0.848 bits per heavy atom. The van der Waals surface area contributed by atoms with Crippen molar-refractivity contribution in [1.82, 2.24) is 20.4 Å². The standard InChI is InChI=1S/C50H79N5O11/c1-16-32(6)44(41(65-14)28-42(56)54-24-20-23-38(54)46(66-15)33(7)47(57)51-37(50(60)61)25-34-21-18-17-19-22-34)53(8)49(59)43(30(2)3)52-48(58)45(31(4)5)55(9,10)29-36-39(63-12)26-35(62-11)27-40(36)64-13/h17-19,21-22,26-27,30-33,37-38,41,43-46H,16,20,23-25,28-29H2,1-15H3,(H2-,51,52,57,58,60,61)/p+1/t32?,33-,37?,38+,41-,43+,44+,45+,46-/m1/s1. The Hall–Kier alpha value is -4.93. The molecule has 4 amide bonds. The molecule has 66 heavy (non-hydrogen) atoms. The third-order valence-electron chi connectivity index (χ3n) is 13.4. The second kappa shape index (κ2) is 25.3. The van der Waals surface area contributed by atoms with Gasteiger partial charge >= 0.3 is 5.97 Å². The van der Waals surface area contributed by atoms with E-state index in [4.69, 9.17) is 23.7 Å². The number of carboxylic acids is 1. The lowest BCUT2D eigenvalue weighted by molar-refractivity contribution is -0.922. The van der Waals surface area contributed by atoms with Crippen molar-refractivity contribution in [3.05, 3.63) is 53.6 Å². The third-order valence-corrected chi connectivity index (χ3v) is 13.4. The van der Waals surface area contributed by atoms with Gasteiger partial charge in [0.2, 0.25) is 17.7 Å². The number of ether oxygens (including phenoxy) is 5. The highest BCUT2D eigenvalue weighted by molar-refractivity contribution is 5.90. The molecule has 2 aromatic carbocycles. The molecular formula is C50H80N5O11+. The first-order valence-electron chi connectivity index (χ1n) is 23.2. The van der Waals surface area contributed by atoms with Crippen LogP contribution in [0.5, 0.6) is 17.2 Å². The van der Waals surface area contributed by atoms with E-state index in [9.17, 15) is 29.1 Å². The number of methoxy groups -OCH3 is 5. The van der Waals surface area contributed by atoms with E-state index in [2.05, 4.69) is 10.6 Å². The lowest BCUT2D eigenvalue weighted by Gasteiger charge is -2.42. The van der Waals surface area contributed by atoms with Crippen LogP contribution in [0, 0.1) is 23.7 Å². The Kier molecular flexibility index (Phi) is 21.2. The molecule has 1 aliphatic heterocycles. The number of nitrogens with zero attached hydrogens (tertiary/aromatic N) is 3. The number of benzene rings is 2. The zero-order valence-corrected chi connectivity index (χ0v) is 42.2. The van der Waals surface area contributed by atoms with Gasteiger partial charge in [0.05, 0.1) is 77.6 Å². The molecule has 16 heteroatoms. The topological polar surface area (TPSA) is 182 Å². The summed E-state index contributed by atoms with van der Waals surface area (Å²) in [6.07, 6.45) is 0.592. The largest absolute Gasteiger partial charge is 0.496 e. The highest BCUT2D eigenvalue weighted by Gasteiger charge is 2.45. The molecule has 0 radical (unpaired) electrons. The average Bonchev–Trinajstić information content (AvgIpc) is 3.77. The normalized spacial score (nSPS) is 17.8. The van der Waals surface area contributed by atoms with Gasteiger partial charge in [0.1, 0.15) is 35.9 Å². The van der Waals surface area contributed by atoms with E-state index in [1.54, 1.807) is 57.2 Å². The molecule has 1 saturated heterocycles. The number of amides is 4. The summed E-state index contributed by atoms with van der Waals surface area (Å²) in [6, 6.07) is 9.05. The zero-order chi connectivity index (χ0) is 49.6. The highest BCUT2D eigenvalue weighted by atomic mass is 16.5. The van der Waals surface area contributed by atoms with Crippen LogP contribution in [-0.4, -0.2) is 155 Å². The maximum atomic E-state index is 14.8. The molecular weight excluding hydrogens is 847 g/mol. The van der Waals surface area contributed by atoms with Crippen molar-refractivity contribution in [3.8, 4) is 17.2 Å². The van der Waals surface area contributed by atoms with Crippen molar-refractivity contribution in [3.63, 3.8) is 0 Å². The van der Waals surface area contributed by atoms with Crippen LogP contribution >= 0.6 is 0 Å². The molecule has 0 aliphatic carbocycles. The van der Waals surface area contributed by atoms with Crippen molar-refractivity contribution in [2.45, 2.75) is 130 Å². The Morgan fingerprint density at radius 2 is 1.45 bits per heavy atom. The molecule has 0 saturated carbocycles. The number of likely N-dealkylation sites (N-methyl/N-ethyl adjacent to an activating group) is 2. The number of hydrogen-bond acceptors (Lipinski definition) is 10. The van der Waals surface area contributed by atoms with Crippen molar-refractivity contribution < 1.29 is 57.2 Å². The van der Waals surface area contributed by atoms with Crippen molar-refractivity contribution in [2.24, 2.45) is 23.7 Å². The molecule has 370 valence electrons. The van der Waals surface area contributed by atoms with E-state index >= 15 is 0 Å². The SMILES string of the molecule is CCC(C)[C@@H]([C@@H](CC(=O)N1CCC[C@H]1[C@H](OC)[C@@H](C)C(=O)NC(Cc1ccccc1)C(=O)O)OC)N(C)C(=O)[C@@H](NC(=O)[C@H](C(C)C)[N+](C)(C)Cc1c(OC)cc(OC)cc1OC)C(C)C. The van der Waals surface area contributed by atoms with Crippen LogP contribution in [0.15, 0.2) is 42.5 Å². The van der Waals surface area contributed by atoms with Crippen molar-refractivity contribution in [2.75, 3.05) is 63.2 Å². The van der Waals surface area contributed by atoms with Crippen molar-refractivity contribution >= 4 is 29.6 Å². The smallest absolute Gasteiger partial charge is 0.326 e. The Bertz CT molecular complexity index is 1880. The minimum atomic E-state index is -1.15. The van der Waals surface area contributed by atoms with E-state index in [1.807, 2.05) is 86.0 Å². The fourth-order valence-corrected chi connectivity index (χ4v) is 9.80. The van der Waals surface area contributed by atoms with Gasteiger partial charge in [-0.3, -0.25) is 19.2 Å². The van der Waals surface area contributed by atoms with Gasteiger partial charge in [-0.05, 0) is 30.2 Å². The lowest BCUT2D eigenvalue weighted by atomic mass is 9.89. The van der Waals surface area contributed by atoms with Gasteiger partial charge in [0.25, 0.3) is 5.91 Å². The fraction of sp³-hybridized carbons (Fsp3) is 0.660. The highest BCUT2D eigenvalue weighted by Crippen LogP contribution is 2.37. The number of carbonyl (C=O) groups excluding carboxylic acids is 4. The number of nitrogens with one attached hydrogen (secondary N) is 2. The van der Waals surface area contributed by atoms with Gasteiger partial charge < -0.3 is 53.7 Å². The van der Waals surface area contributed by atoms with Gasteiger partial charge in [-0.25, -0.2) is 4.79 Å². The number of likely N-dealkylation sites (tertiary alicyclic amines) is 1. The first-order chi connectivity index (χ1) is 31.1. The van der Waals surface area contributed by atoms with E-state index < -0.39 is 60.2 Å². The molecule has 1 aliphatic rings. The molecule has 3 rings (SSSR count). The average molecular weight is 927 g/mol. The Balaban J connectivity index is 1.84. The maximum Gasteiger partial charge on any atom is 0.326 e. The number of carbonyl (C=O) groups is 5. The van der Waals surface area contributed by atoms with Gasteiger partial charge in [-0.2, -0.15) is 0 Å². The number of aliphatic carboxylic acids is 1. The molecule has 1 fully saturated rings. The molecule has 9 atom stereocenters. The van der Waals surface area contributed by atoms with Crippen LogP contribution in [0.25, 0.3) is 0 Å². The summed E-state index contributed by atoms with van der Waals surface area (Å²) in [4.78, 5) is 72.9. The van der Waals surface area contributed by atoms with Gasteiger partial charge in [0, 0.05) is 52.3 Å². The van der Waals surface area contributed by atoms with Crippen LogP contribution < -0.4 is 24.8 Å². The summed E-state index contributed by atoms with van der Waals surface area (Å²) in [6.45, 7) is 14.3. The molecule has 1 heterocycles. The number of rotatable bonds is 26. The van der Waals surface area contributed by atoms with Gasteiger partial charge in [-0.1, -0.05) is 85.2 Å². The second-order valence-electron chi connectivity index (χ2n) is 19.0. The second-order valence-corrected chi connectivity index (χ2v) is 19.0. The predicted molar refractivity (Wildman–Crippen MR) is 253 cm³/mol. The molecule has 3 N–H and O–H groups in total. The summed E-state index contributed by atoms with van der Waals surface area (Å²) >= 11 is 0. The van der Waals surface area contributed by atoms with Crippen LogP contribution in [0.1, 0.15) is 85.3 Å². The van der Waals surface area contributed by atoms with Gasteiger partial charge in [-0.15, -0.1) is 0 Å². The molecule has 0 bridgehead atoms. The minimum absolute atomic E-state index is 0.0487. The molecule has 2 aromatic rings. The Morgan fingerprint density at radius 3 is 1.94 bits per heavy atom. The van der Waals surface area contributed by atoms with Crippen LogP contribution in [-0.2, 0) is 46.4 Å². The van der Waals surface area contributed by atoms with Crippen LogP contribution in [0.4, 0.5) is 0 Å². The predicted octanol–water partition coefficient (Wildman–Crippen LogP) is 5.19. The maximum absolute atomic E-state index is 14.8. The molecule has 0 spiro atoms. The quantitative estimate of drug-likeness (QED) is 0.106. The first-order valence-corrected chi connectivity index (χ1v) is 23.2. The molecule has 2 unspecified atom stereocenters. The van der Waals surface area contributed by atoms with Crippen LogP contribution in [0.3, 0.4) is 0 Å². The summed E-state index contributed by atoms with van der Waals surface area (Å²) in [5, 5.41) is 15.8. The van der Waals surface area contributed by atoms with E-state index in [-0.39, 0.29) is 52.8 Å². The summed E-state index contributed by atoms with van der Waals surface area (Å²) in [5.74, 6) is -1.98. The van der Waals surface area contributed by atoms with Crippen LogP contribution in [0.2, 0.25) is 0 Å². The summed E-state index contributed by atoms with van der Waals surface area (Å²) < 4.78 is 29.2. The van der Waals surface area contributed by atoms with Gasteiger partial charge in [0.15, 0.2) is 6.04 Å². The van der Waals surface area contributed by atoms with E-state index in [1.165, 1.54) is 14.2 Å². The fourth-order valence-electron chi connectivity index (χ4n) is 9.80. The summed E-state index contributed by atoms with van der Waals surface area (Å²) in [5.41, 5.74) is 1.55. The van der Waals surface area contributed by atoms with Crippen molar-refractivity contribution in [1.29, 1.82) is 0 Å². The summed E-state index contributed by atoms with van der Waals surface area (Å²) in [7, 11) is 13.4. The van der Waals surface area contributed by atoms with E-state index in [0.29, 0.717) is 49.6 Å². The number of hydrogen-bond donors (Lipinski definition) is 3. The molecule has 16 nitrogen and oxygen atoms in total. The monoisotopic (exact) mass is 927 g/mol.